The third-order valence-corrected chi connectivity index (χ3v) is 4.66. The van der Waals surface area contributed by atoms with E-state index in [-0.39, 0.29) is 12.0 Å². The van der Waals surface area contributed by atoms with Crippen LogP contribution in [-0.2, 0) is 16.7 Å². The van der Waals surface area contributed by atoms with Crippen molar-refractivity contribution in [1.82, 2.24) is 14.9 Å². The smallest absolute Gasteiger partial charge is 0.404 e. The maximum atomic E-state index is 11.1. The number of rotatable bonds is 5. The highest BCUT2D eigenvalue weighted by molar-refractivity contribution is 5.64. The molecule has 0 atom stereocenters. The van der Waals surface area contributed by atoms with Gasteiger partial charge in [0.25, 0.3) is 0 Å². The number of likely N-dealkylation sites (tertiary alicyclic amines) is 1. The lowest BCUT2D eigenvalue weighted by Crippen LogP contribution is -2.46. The molecule has 126 valence electrons. The second-order valence-electron chi connectivity index (χ2n) is 6.24. The van der Waals surface area contributed by atoms with Crippen LogP contribution in [0.5, 0.6) is 0 Å². The molecule has 1 fully saturated rings. The number of nitrogens with two attached hydrogens (primary N) is 1. The highest BCUT2D eigenvalue weighted by atomic mass is 16.5. The average Bonchev–Trinajstić information content (AvgIpc) is 2.63. The van der Waals surface area contributed by atoms with Gasteiger partial charge in [0, 0.05) is 25.1 Å². The van der Waals surface area contributed by atoms with Crippen LogP contribution in [0, 0.1) is 0 Å². The number of hydrogen-bond donors (Lipinski definition) is 1. The number of carbonyl (C=O) groups is 1. The van der Waals surface area contributed by atoms with E-state index < -0.39 is 6.09 Å². The molecule has 6 nitrogen and oxygen atoms in total. The van der Waals surface area contributed by atoms with Crippen LogP contribution >= 0.6 is 0 Å². The van der Waals surface area contributed by atoms with Gasteiger partial charge in [0.05, 0.1) is 11.1 Å². The van der Waals surface area contributed by atoms with E-state index in [9.17, 15) is 4.79 Å². The molecule has 0 spiro atoms. The Labute approximate surface area is 141 Å². The summed E-state index contributed by atoms with van der Waals surface area (Å²) in [6.07, 6.45) is 6.05. The fourth-order valence-electron chi connectivity index (χ4n) is 3.24. The zero-order valence-corrected chi connectivity index (χ0v) is 13.6. The van der Waals surface area contributed by atoms with Crippen LogP contribution in [-0.4, -0.2) is 40.7 Å². The Balaban J connectivity index is 1.69. The predicted octanol–water partition coefficient (Wildman–Crippen LogP) is 2.11. The zero-order chi connectivity index (χ0) is 16.8. The lowest BCUT2D eigenvalue weighted by Gasteiger charge is -2.40. The van der Waals surface area contributed by atoms with Crippen LogP contribution in [0.2, 0.25) is 0 Å². The third kappa shape index (κ3) is 3.89. The van der Waals surface area contributed by atoms with E-state index in [1.165, 1.54) is 5.56 Å². The van der Waals surface area contributed by atoms with Gasteiger partial charge in [-0.3, -0.25) is 14.9 Å². The van der Waals surface area contributed by atoms with Crippen molar-refractivity contribution in [3.63, 3.8) is 0 Å². The maximum Gasteiger partial charge on any atom is 0.404 e. The Bertz CT molecular complexity index is 655. The summed E-state index contributed by atoms with van der Waals surface area (Å²) < 4.78 is 5.15. The highest BCUT2D eigenvalue weighted by Gasteiger charge is 2.39. The molecular formula is C18H22N4O2. The Hall–Kier alpha value is -2.47. The van der Waals surface area contributed by atoms with Gasteiger partial charge in [0.15, 0.2) is 0 Å². The molecule has 2 aromatic rings. The molecule has 0 radical (unpaired) electrons. The molecule has 1 amide bonds. The summed E-state index contributed by atoms with van der Waals surface area (Å²) in [5.74, 6) is 0. The molecule has 0 bridgehead atoms. The average molecular weight is 326 g/mol. The second kappa shape index (κ2) is 7.40. The number of nitrogens with zero attached hydrogens (tertiary/aromatic N) is 3. The molecule has 6 heteroatoms. The fraction of sp³-hybridized carbons (Fsp3) is 0.389. The van der Waals surface area contributed by atoms with Crippen LogP contribution in [0.25, 0.3) is 0 Å². The summed E-state index contributed by atoms with van der Waals surface area (Å²) in [5.41, 5.74) is 7.03. The van der Waals surface area contributed by atoms with E-state index >= 15 is 0 Å². The van der Waals surface area contributed by atoms with Gasteiger partial charge in [0.1, 0.15) is 6.61 Å². The van der Waals surface area contributed by atoms with Gasteiger partial charge in [-0.25, -0.2) is 4.79 Å². The molecule has 1 aliphatic rings. The number of hydrogen-bond acceptors (Lipinski definition) is 5. The summed E-state index contributed by atoms with van der Waals surface area (Å²) >= 11 is 0. The van der Waals surface area contributed by atoms with Crippen LogP contribution in [0.3, 0.4) is 0 Å². The highest BCUT2D eigenvalue weighted by Crippen LogP contribution is 2.35. The number of primary amides is 1. The van der Waals surface area contributed by atoms with Crippen molar-refractivity contribution in [2.75, 3.05) is 19.7 Å². The first kappa shape index (κ1) is 16.4. The van der Waals surface area contributed by atoms with Crippen molar-refractivity contribution in [1.29, 1.82) is 0 Å². The molecule has 2 N–H and O–H groups in total. The van der Waals surface area contributed by atoms with Gasteiger partial charge in [-0.05, 0) is 31.5 Å². The Morgan fingerprint density at radius 1 is 1.21 bits per heavy atom. The van der Waals surface area contributed by atoms with Gasteiger partial charge >= 0.3 is 6.09 Å². The molecular weight excluding hydrogens is 304 g/mol. The van der Waals surface area contributed by atoms with Crippen molar-refractivity contribution in [2.45, 2.75) is 24.8 Å². The zero-order valence-electron chi connectivity index (χ0n) is 13.6. The molecule has 3 rings (SSSR count). The number of ether oxygens (including phenoxy) is 1. The topological polar surface area (TPSA) is 81.3 Å². The van der Waals surface area contributed by atoms with E-state index in [1.54, 1.807) is 18.6 Å². The molecule has 0 unspecified atom stereocenters. The van der Waals surface area contributed by atoms with Crippen molar-refractivity contribution in [3.05, 3.63) is 60.2 Å². The lowest BCUT2D eigenvalue weighted by molar-refractivity contribution is 0.0751. The number of carbonyl (C=O) groups excluding carboxylic acids is 1. The van der Waals surface area contributed by atoms with Crippen molar-refractivity contribution in [3.8, 4) is 0 Å². The molecule has 1 aromatic heterocycles. The van der Waals surface area contributed by atoms with Crippen LogP contribution in [0.1, 0.15) is 24.1 Å². The van der Waals surface area contributed by atoms with E-state index in [0.29, 0.717) is 0 Å². The predicted molar refractivity (Wildman–Crippen MR) is 90.2 cm³/mol. The van der Waals surface area contributed by atoms with Gasteiger partial charge in [-0.1, -0.05) is 30.3 Å². The minimum Gasteiger partial charge on any atom is -0.449 e. The standard InChI is InChI=1S/C18H22N4O2/c19-17(23)24-14-18(16-12-20-8-9-21-16)6-10-22(11-7-18)13-15-4-2-1-3-5-15/h1-5,8-9,12H,6-7,10-11,13-14H2,(H2,19,23). The minimum atomic E-state index is -0.745. The summed E-state index contributed by atoms with van der Waals surface area (Å²) in [6.45, 7) is 3.00. The summed E-state index contributed by atoms with van der Waals surface area (Å²) in [6, 6.07) is 10.4. The SMILES string of the molecule is NC(=O)OCC1(c2cnccn2)CCN(Cc2ccccc2)CC1. The first-order chi connectivity index (χ1) is 11.7. The Kier molecular flexibility index (Phi) is 5.05. The van der Waals surface area contributed by atoms with Gasteiger partial charge < -0.3 is 10.5 Å². The van der Waals surface area contributed by atoms with Crippen LogP contribution in [0.4, 0.5) is 4.79 Å². The first-order valence-corrected chi connectivity index (χ1v) is 8.13. The van der Waals surface area contributed by atoms with E-state index in [0.717, 1.165) is 38.2 Å². The van der Waals surface area contributed by atoms with Gasteiger partial charge in [0.2, 0.25) is 0 Å². The number of aromatic nitrogens is 2. The minimum absolute atomic E-state index is 0.250. The third-order valence-electron chi connectivity index (χ3n) is 4.66. The molecule has 1 saturated heterocycles. The molecule has 0 aliphatic carbocycles. The fourth-order valence-corrected chi connectivity index (χ4v) is 3.24. The maximum absolute atomic E-state index is 11.1. The van der Waals surface area contributed by atoms with Crippen molar-refractivity contribution >= 4 is 6.09 Å². The van der Waals surface area contributed by atoms with Crippen LogP contribution in [0.15, 0.2) is 48.9 Å². The van der Waals surface area contributed by atoms with Crippen molar-refractivity contribution in [2.24, 2.45) is 5.73 Å². The van der Waals surface area contributed by atoms with Crippen LogP contribution < -0.4 is 5.73 Å². The summed E-state index contributed by atoms with van der Waals surface area (Å²) in [4.78, 5) is 22.1. The largest absolute Gasteiger partial charge is 0.449 e. The monoisotopic (exact) mass is 326 g/mol. The molecule has 2 heterocycles. The van der Waals surface area contributed by atoms with E-state index in [4.69, 9.17) is 10.5 Å². The first-order valence-electron chi connectivity index (χ1n) is 8.13. The normalized spacial score (nSPS) is 17.3. The quantitative estimate of drug-likeness (QED) is 0.910. The number of amides is 1. The Morgan fingerprint density at radius 3 is 2.58 bits per heavy atom. The lowest BCUT2D eigenvalue weighted by atomic mass is 9.76. The van der Waals surface area contributed by atoms with Crippen molar-refractivity contribution < 1.29 is 9.53 Å². The van der Waals surface area contributed by atoms with Gasteiger partial charge in [-0.15, -0.1) is 0 Å². The van der Waals surface area contributed by atoms with E-state index in [1.807, 2.05) is 6.07 Å². The van der Waals surface area contributed by atoms with E-state index in [2.05, 4.69) is 39.1 Å². The molecule has 24 heavy (non-hydrogen) atoms. The van der Waals surface area contributed by atoms with Gasteiger partial charge in [-0.2, -0.15) is 0 Å². The molecule has 1 aromatic carbocycles. The molecule has 0 saturated carbocycles. The summed E-state index contributed by atoms with van der Waals surface area (Å²) in [7, 11) is 0. The Morgan fingerprint density at radius 2 is 1.96 bits per heavy atom. The second-order valence-corrected chi connectivity index (χ2v) is 6.24. The summed E-state index contributed by atoms with van der Waals surface area (Å²) in [5, 5.41) is 0. The number of benzene rings is 1. The number of piperidine rings is 1. The molecule has 1 aliphatic heterocycles.